The Morgan fingerprint density at radius 2 is 1.16 bits per heavy atom. The first-order valence-electron chi connectivity index (χ1n) is 19.1. The van der Waals surface area contributed by atoms with Gasteiger partial charge in [-0.05, 0) is 71.3 Å². The van der Waals surface area contributed by atoms with Gasteiger partial charge < -0.3 is 14.7 Å². The van der Waals surface area contributed by atoms with E-state index >= 15 is 0 Å². The number of furan rings is 1. The molecule has 0 saturated heterocycles. The van der Waals surface area contributed by atoms with E-state index < -0.39 is 0 Å². The fraction of sp³-hybridized carbons (Fsp3) is 0.0196. The van der Waals surface area contributed by atoms with Crippen LogP contribution in [0.25, 0.3) is 80.7 Å². The molecule has 0 spiro atoms. The van der Waals surface area contributed by atoms with Gasteiger partial charge in [0.25, 0.3) is 0 Å². The number of fused-ring (bicyclic) bond motifs is 9. The Morgan fingerprint density at radius 3 is 1.91 bits per heavy atom. The van der Waals surface area contributed by atoms with Crippen molar-refractivity contribution in [3.63, 3.8) is 0 Å². The van der Waals surface area contributed by atoms with Crippen molar-refractivity contribution in [2.75, 3.05) is 0 Å². The lowest BCUT2D eigenvalue weighted by atomic mass is 10.0. The molecule has 2 N–H and O–H groups in total. The quantitative estimate of drug-likeness (QED) is 0.136. The molecule has 11 rings (SSSR count). The first kappa shape index (κ1) is 33.1. The molecule has 0 amide bonds. The minimum Gasteiger partial charge on any atom is -0.456 e. The number of aromatic nitrogens is 1. The Balaban J connectivity index is 0.966. The third-order valence-corrected chi connectivity index (χ3v) is 12.0. The van der Waals surface area contributed by atoms with Crippen molar-refractivity contribution in [3.05, 3.63) is 199 Å². The molecule has 8 aromatic carbocycles. The fourth-order valence-electron chi connectivity index (χ4n) is 8.19. The van der Waals surface area contributed by atoms with Crippen molar-refractivity contribution < 1.29 is 4.42 Å². The maximum absolute atomic E-state index is 6.56. The number of aliphatic imine (C=N–C) groups is 2. The van der Waals surface area contributed by atoms with E-state index in [4.69, 9.17) is 20.1 Å². The molecule has 0 aliphatic rings. The van der Waals surface area contributed by atoms with Crippen LogP contribution in [0.15, 0.2) is 196 Å². The molecule has 0 bridgehead atoms. The number of thiophene rings is 1. The van der Waals surface area contributed by atoms with E-state index in [0.717, 1.165) is 49.8 Å². The molecule has 0 fully saturated rings. The zero-order valence-corrected chi connectivity index (χ0v) is 31.6. The summed E-state index contributed by atoms with van der Waals surface area (Å²) in [5.41, 5.74) is 16.8. The zero-order chi connectivity index (χ0) is 37.9. The lowest BCUT2D eigenvalue weighted by Crippen LogP contribution is -2.16. The molecule has 270 valence electrons. The van der Waals surface area contributed by atoms with Crippen LogP contribution in [0.3, 0.4) is 0 Å². The van der Waals surface area contributed by atoms with Crippen LogP contribution in [0.5, 0.6) is 0 Å². The van der Waals surface area contributed by atoms with Crippen molar-refractivity contribution in [1.82, 2.24) is 4.57 Å². The van der Waals surface area contributed by atoms with Crippen LogP contribution in [0.4, 0.5) is 0 Å². The number of rotatable bonds is 6. The maximum atomic E-state index is 6.56. The van der Waals surface area contributed by atoms with E-state index in [-0.39, 0.29) is 0 Å². The average molecular weight is 751 g/mol. The van der Waals surface area contributed by atoms with Gasteiger partial charge in [-0.3, -0.25) is 4.99 Å². The van der Waals surface area contributed by atoms with Gasteiger partial charge in [0, 0.05) is 52.8 Å². The number of benzene rings is 8. The summed E-state index contributed by atoms with van der Waals surface area (Å²) in [6.45, 7) is 0.430. The summed E-state index contributed by atoms with van der Waals surface area (Å²) in [5.74, 6) is 1.01. The zero-order valence-electron chi connectivity index (χ0n) is 30.8. The van der Waals surface area contributed by atoms with Gasteiger partial charge in [-0.15, -0.1) is 11.3 Å². The number of hydrogen-bond donors (Lipinski definition) is 1. The molecule has 6 heteroatoms. The van der Waals surface area contributed by atoms with Crippen molar-refractivity contribution in [2.24, 2.45) is 15.7 Å². The molecule has 0 radical (unpaired) electrons. The normalized spacial score (nSPS) is 12.6. The van der Waals surface area contributed by atoms with Crippen LogP contribution in [0.1, 0.15) is 16.7 Å². The molecule has 5 nitrogen and oxygen atoms in total. The third kappa shape index (κ3) is 5.69. The Hall–Kier alpha value is -7.28. The monoisotopic (exact) mass is 750 g/mol. The minimum atomic E-state index is 0.427. The second-order valence-electron chi connectivity index (χ2n) is 14.3. The van der Waals surface area contributed by atoms with Gasteiger partial charge in [0.15, 0.2) is 5.84 Å². The van der Waals surface area contributed by atoms with Gasteiger partial charge >= 0.3 is 0 Å². The van der Waals surface area contributed by atoms with Gasteiger partial charge in [0.2, 0.25) is 0 Å². The topological polar surface area (TPSA) is 68.8 Å². The number of para-hydroxylation sites is 2. The molecule has 0 aliphatic heterocycles. The van der Waals surface area contributed by atoms with Gasteiger partial charge in [0.05, 0.1) is 23.3 Å². The van der Waals surface area contributed by atoms with Crippen molar-refractivity contribution in [2.45, 2.75) is 6.54 Å². The highest BCUT2D eigenvalue weighted by molar-refractivity contribution is 7.25. The van der Waals surface area contributed by atoms with Crippen molar-refractivity contribution in [1.29, 1.82) is 0 Å². The van der Waals surface area contributed by atoms with E-state index in [0.29, 0.717) is 18.2 Å². The van der Waals surface area contributed by atoms with Crippen LogP contribution >= 0.6 is 11.3 Å². The lowest BCUT2D eigenvalue weighted by molar-refractivity contribution is 0.668. The van der Waals surface area contributed by atoms with Crippen molar-refractivity contribution >= 4 is 86.9 Å². The summed E-state index contributed by atoms with van der Waals surface area (Å²) in [6.07, 6.45) is 0. The van der Waals surface area contributed by atoms with Gasteiger partial charge in [-0.25, -0.2) is 4.99 Å². The standard InChI is InChI=1S/C51H34N4OS/c52-50(33-12-3-1-4-13-33)54-51(34-14-5-2-6-15-34)53-31-32-22-25-39-40-26-23-36(30-46(40)56-45(39)28-32)35-24-27-47-41(29-35)49-44(20-11-21-48(49)57-47)55-42-18-9-7-16-37(42)38-17-8-10-19-43(38)55/h1-30H,31H2,(H2,52,53,54). The summed E-state index contributed by atoms with van der Waals surface area (Å²) < 4.78 is 11.5. The highest BCUT2D eigenvalue weighted by atomic mass is 32.1. The maximum Gasteiger partial charge on any atom is 0.157 e. The van der Waals surface area contributed by atoms with Crippen LogP contribution in [0.2, 0.25) is 0 Å². The van der Waals surface area contributed by atoms with Crippen molar-refractivity contribution in [3.8, 4) is 16.8 Å². The molecule has 11 aromatic rings. The fourth-order valence-corrected chi connectivity index (χ4v) is 9.29. The molecule has 0 atom stereocenters. The number of nitrogens with zero attached hydrogens (tertiary/aromatic N) is 3. The molecule has 3 aromatic heterocycles. The predicted molar refractivity (Wildman–Crippen MR) is 240 cm³/mol. The number of amidine groups is 2. The SMILES string of the molecule is N/C(=N\C(=N/Cc1ccc2c(c1)oc1cc(-c3ccc4sc5cccc(-n6c7ccccc7c7ccccc76)c5c4c3)ccc12)c1ccccc1)c1ccccc1. The predicted octanol–water partition coefficient (Wildman–Crippen LogP) is 13.1. The Bertz CT molecular complexity index is 3340. The second-order valence-corrected chi connectivity index (χ2v) is 15.4. The Morgan fingerprint density at radius 1 is 0.526 bits per heavy atom. The smallest absolute Gasteiger partial charge is 0.157 e. The highest BCUT2D eigenvalue weighted by Crippen LogP contribution is 2.42. The van der Waals surface area contributed by atoms with Gasteiger partial charge in [0.1, 0.15) is 17.0 Å². The third-order valence-electron chi connectivity index (χ3n) is 10.9. The number of hydrogen-bond acceptors (Lipinski definition) is 3. The molecule has 3 heterocycles. The van der Waals surface area contributed by atoms with E-state index in [1.165, 1.54) is 47.7 Å². The molecule has 0 unspecified atom stereocenters. The minimum absolute atomic E-state index is 0.427. The summed E-state index contributed by atoms with van der Waals surface area (Å²) in [5, 5.41) is 7.22. The van der Waals surface area contributed by atoms with Crippen LogP contribution in [0, 0.1) is 0 Å². The summed E-state index contributed by atoms with van der Waals surface area (Å²) >= 11 is 1.85. The van der Waals surface area contributed by atoms with Gasteiger partial charge in [-0.1, -0.05) is 127 Å². The van der Waals surface area contributed by atoms with Crippen LogP contribution in [-0.2, 0) is 6.54 Å². The summed E-state index contributed by atoms with van der Waals surface area (Å²) in [7, 11) is 0. The van der Waals surface area contributed by atoms with E-state index in [2.05, 4.69) is 126 Å². The van der Waals surface area contributed by atoms with Gasteiger partial charge in [-0.2, -0.15) is 0 Å². The molecule has 57 heavy (non-hydrogen) atoms. The molecule has 0 saturated carbocycles. The average Bonchev–Trinajstić information content (AvgIpc) is 3.94. The lowest BCUT2D eigenvalue weighted by Gasteiger charge is -2.10. The first-order chi connectivity index (χ1) is 28.2. The summed E-state index contributed by atoms with van der Waals surface area (Å²) in [6, 6.07) is 63.6. The van der Waals surface area contributed by atoms with Crippen LogP contribution in [-0.4, -0.2) is 16.2 Å². The highest BCUT2D eigenvalue weighted by Gasteiger charge is 2.18. The largest absolute Gasteiger partial charge is 0.456 e. The van der Waals surface area contributed by atoms with Crippen LogP contribution < -0.4 is 5.73 Å². The van der Waals surface area contributed by atoms with E-state index in [1.54, 1.807) is 0 Å². The van der Waals surface area contributed by atoms with E-state index in [1.807, 2.05) is 72.0 Å². The van der Waals surface area contributed by atoms with E-state index in [9.17, 15) is 0 Å². The second kappa shape index (κ2) is 13.5. The Labute approximate surface area is 332 Å². The molecular formula is C51H34N4OS. The Kier molecular flexibility index (Phi) is 7.83. The first-order valence-corrected chi connectivity index (χ1v) is 19.9. The number of nitrogens with two attached hydrogens (primary N) is 1. The molecule has 0 aliphatic carbocycles. The molecular weight excluding hydrogens is 717 g/mol. The summed E-state index contributed by atoms with van der Waals surface area (Å²) in [4.78, 5) is 9.71.